The fourth-order valence-electron chi connectivity index (χ4n) is 5.51. The monoisotopic (exact) mass is 613 g/mol. The highest BCUT2D eigenvalue weighted by Crippen LogP contribution is 2.40. The van der Waals surface area contributed by atoms with Gasteiger partial charge in [0.2, 0.25) is 0 Å². The summed E-state index contributed by atoms with van der Waals surface area (Å²) in [5.74, 6) is -0.192. The number of nitrogens with one attached hydrogen (secondary N) is 2. The van der Waals surface area contributed by atoms with Crippen LogP contribution in [0.5, 0.6) is 0 Å². The zero-order chi connectivity index (χ0) is 30.9. The maximum Gasteiger partial charge on any atom is 0.303 e. The van der Waals surface area contributed by atoms with Crippen LogP contribution in [-0.4, -0.2) is 32.7 Å². The van der Waals surface area contributed by atoms with Gasteiger partial charge in [0, 0.05) is 41.1 Å². The van der Waals surface area contributed by atoms with E-state index in [1.165, 1.54) is 18.3 Å². The van der Waals surface area contributed by atoms with E-state index >= 15 is 0 Å². The zero-order valence-electron chi connectivity index (χ0n) is 24.2. The van der Waals surface area contributed by atoms with Crippen LogP contribution in [0.4, 0.5) is 5.69 Å². The summed E-state index contributed by atoms with van der Waals surface area (Å²) >= 11 is 1.31. The molecule has 1 aliphatic rings. The Morgan fingerprint density at radius 2 is 1.64 bits per heavy atom. The molecule has 6 aromatic rings. The molecule has 4 aromatic carbocycles. The summed E-state index contributed by atoms with van der Waals surface area (Å²) in [6.45, 7) is 1.84. The zero-order valence-corrected chi connectivity index (χ0v) is 25.0. The van der Waals surface area contributed by atoms with Gasteiger partial charge in [0.05, 0.1) is 23.3 Å². The number of benzene rings is 4. The number of nitrogens with zero attached hydrogens (tertiary/aromatic N) is 3. The van der Waals surface area contributed by atoms with Crippen molar-refractivity contribution in [2.45, 2.75) is 26.1 Å². The molecule has 9 nitrogen and oxygen atoms in total. The van der Waals surface area contributed by atoms with Crippen LogP contribution in [0.25, 0.3) is 22.4 Å². The minimum Gasteiger partial charge on any atom is -0.453 e. The summed E-state index contributed by atoms with van der Waals surface area (Å²) in [6.07, 6.45) is -0.728. The molecule has 1 atom stereocenters. The quantitative estimate of drug-likeness (QED) is 0.201. The number of hydrogen-bond donors (Lipinski definition) is 2. The lowest BCUT2D eigenvalue weighted by molar-refractivity contribution is -0.144. The second kappa shape index (κ2) is 11.8. The van der Waals surface area contributed by atoms with Crippen molar-refractivity contribution in [1.82, 2.24) is 20.3 Å². The van der Waals surface area contributed by atoms with Crippen molar-refractivity contribution in [2.24, 2.45) is 0 Å². The molecule has 2 N–H and O–H groups in total. The maximum absolute atomic E-state index is 13.9. The van der Waals surface area contributed by atoms with Gasteiger partial charge in [-0.25, -0.2) is 9.97 Å². The number of imidazole rings is 1. The third-order valence-corrected chi connectivity index (χ3v) is 8.49. The lowest BCUT2D eigenvalue weighted by Crippen LogP contribution is -2.30. The Hall–Kier alpha value is -5.61. The van der Waals surface area contributed by atoms with E-state index in [2.05, 4.69) is 20.3 Å². The maximum atomic E-state index is 13.9. The van der Waals surface area contributed by atoms with Crippen molar-refractivity contribution in [3.63, 3.8) is 0 Å². The molecule has 2 aromatic heterocycles. The summed E-state index contributed by atoms with van der Waals surface area (Å²) in [4.78, 5) is 53.1. The van der Waals surface area contributed by atoms with Crippen LogP contribution >= 0.6 is 11.3 Å². The van der Waals surface area contributed by atoms with Crippen molar-refractivity contribution < 1.29 is 19.1 Å². The number of amides is 2. The molecular formula is C35H27N5O4S. The van der Waals surface area contributed by atoms with Gasteiger partial charge < -0.3 is 19.9 Å². The van der Waals surface area contributed by atoms with Gasteiger partial charge in [-0.2, -0.15) is 0 Å². The minimum absolute atomic E-state index is 0.151. The van der Waals surface area contributed by atoms with Crippen molar-refractivity contribution in [3.8, 4) is 11.4 Å². The molecule has 7 rings (SSSR count). The van der Waals surface area contributed by atoms with Gasteiger partial charge in [0.15, 0.2) is 6.10 Å². The van der Waals surface area contributed by atoms with Gasteiger partial charge in [-0.05, 0) is 29.8 Å². The van der Waals surface area contributed by atoms with Crippen molar-refractivity contribution >= 4 is 45.8 Å². The first kappa shape index (κ1) is 28.2. The molecule has 0 saturated carbocycles. The Kier molecular flexibility index (Phi) is 7.40. The molecular weight excluding hydrogens is 586 g/mol. The summed E-state index contributed by atoms with van der Waals surface area (Å²) in [5.41, 5.74) is 6.45. The number of carbonyl (C=O) groups is 3. The van der Waals surface area contributed by atoms with Crippen LogP contribution < -0.4 is 10.2 Å². The van der Waals surface area contributed by atoms with Gasteiger partial charge in [-0.15, -0.1) is 11.3 Å². The molecule has 0 saturated heterocycles. The molecule has 1 aliphatic heterocycles. The van der Waals surface area contributed by atoms with Crippen LogP contribution in [0.1, 0.15) is 55.6 Å². The Labute approximate surface area is 262 Å². The van der Waals surface area contributed by atoms with Crippen LogP contribution in [0, 0.1) is 0 Å². The van der Waals surface area contributed by atoms with Gasteiger partial charge in [-0.1, -0.05) is 72.8 Å². The van der Waals surface area contributed by atoms with Gasteiger partial charge in [0.1, 0.15) is 16.5 Å². The van der Waals surface area contributed by atoms with E-state index in [4.69, 9.17) is 4.74 Å². The lowest BCUT2D eigenvalue weighted by Gasteiger charge is -2.23. The first-order valence-electron chi connectivity index (χ1n) is 14.4. The first-order chi connectivity index (χ1) is 21.9. The highest BCUT2D eigenvalue weighted by Gasteiger charge is 2.34. The van der Waals surface area contributed by atoms with Crippen molar-refractivity contribution in [3.05, 3.63) is 135 Å². The smallest absolute Gasteiger partial charge is 0.303 e. The third kappa shape index (κ3) is 5.59. The van der Waals surface area contributed by atoms with E-state index in [-0.39, 0.29) is 24.1 Å². The average molecular weight is 614 g/mol. The van der Waals surface area contributed by atoms with Crippen LogP contribution in [0.15, 0.2) is 102 Å². The number of H-pyrrole nitrogens is 1. The SMILES string of the molecule is CC(=O)OC1c2ccccc2C(=O)N(Cc2nc(C(=O)NCc3ccc(-c4nc5ccccc5[nH]4)cc3)cs2)c2ccccc21. The second-order valence-corrected chi connectivity index (χ2v) is 11.6. The molecule has 2 amide bonds. The second-order valence-electron chi connectivity index (χ2n) is 10.6. The molecule has 0 radical (unpaired) electrons. The largest absolute Gasteiger partial charge is 0.453 e. The Bertz CT molecular complexity index is 2030. The number of thiazole rings is 1. The van der Waals surface area contributed by atoms with E-state index in [0.29, 0.717) is 33.9 Å². The van der Waals surface area contributed by atoms with Crippen molar-refractivity contribution in [1.29, 1.82) is 0 Å². The highest BCUT2D eigenvalue weighted by atomic mass is 32.1. The van der Waals surface area contributed by atoms with E-state index < -0.39 is 12.1 Å². The molecule has 0 aliphatic carbocycles. The summed E-state index contributed by atoms with van der Waals surface area (Å²) < 4.78 is 5.72. The van der Waals surface area contributed by atoms with Crippen LogP contribution in [0.2, 0.25) is 0 Å². The van der Waals surface area contributed by atoms with Crippen LogP contribution in [0.3, 0.4) is 0 Å². The highest BCUT2D eigenvalue weighted by molar-refractivity contribution is 7.09. The van der Waals surface area contributed by atoms with Crippen molar-refractivity contribution in [2.75, 3.05) is 4.90 Å². The van der Waals surface area contributed by atoms with E-state index in [1.807, 2.05) is 78.9 Å². The summed E-state index contributed by atoms with van der Waals surface area (Å²) in [5, 5.41) is 5.23. The number of rotatable bonds is 7. The molecule has 0 fully saturated rings. The number of ether oxygens (including phenoxy) is 1. The average Bonchev–Trinajstić information content (AvgIpc) is 3.71. The first-order valence-corrected chi connectivity index (χ1v) is 15.3. The summed E-state index contributed by atoms with van der Waals surface area (Å²) in [6, 6.07) is 30.3. The molecule has 0 spiro atoms. The minimum atomic E-state index is -0.728. The predicted molar refractivity (Wildman–Crippen MR) is 172 cm³/mol. The van der Waals surface area contributed by atoms with Crippen LogP contribution in [-0.2, 0) is 22.6 Å². The number of hydrogen-bond acceptors (Lipinski definition) is 7. The third-order valence-electron chi connectivity index (χ3n) is 7.66. The fraction of sp³-hybridized carbons (Fsp3) is 0.114. The fourth-order valence-corrected chi connectivity index (χ4v) is 6.28. The van der Waals surface area contributed by atoms with E-state index in [1.54, 1.807) is 28.5 Å². The molecule has 45 heavy (non-hydrogen) atoms. The topological polar surface area (TPSA) is 117 Å². The lowest BCUT2D eigenvalue weighted by atomic mass is 9.97. The van der Waals surface area contributed by atoms with Gasteiger partial charge in [-0.3, -0.25) is 14.4 Å². The van der Waals surface area contributed by atoms with Gasteiger partial charge in [0.25, 0.3) is 11.8 Å². The Balaban J connectivity index is 1.06. The molecule has 10 heteroatoms. The molecule has 1 unspecified atom stereocenters. The molecule has 222 valence electrons. The van der Waals surface area contributed by atoms with Gasteiger partial charge >= 0.3 is 5.97 Å². The molecule has 3 heterocycles. The number of esters is 1. The molecule has 0 bridgehead atoms. The summed E-state index contributed by atoms with van der Waals surface area (Å²) in [7, 11) is 0. The van der Waals surface area contributed by atoms with E-state index in [9.17, 15) is 14.4 Å². The number of carbonyl (C=O) groups excluding carboxylic acids is 3. The number of fused-ring (bicyclic) bond motifs is 3. The standard InChI is InChI=1S/C35H27N5O4S/c1-21(41)44-32-24-8-2-3-9-25(24)35(43)40(30-13-7-4-10-26(30)32)19-31-37-29(20-45-31)34(42)36-18-22-14-16-23(17-15-22)33-38-27-11-5-6-12-28(27)39-33/h2-17,20,32H,18-19H2,1H3,(H,36,42)(H,38,39). The Morgan fingerprint density at radius 3 is 2.44 bits per heavy atom. The number of anilines is 1. The number of aromatic nitrogens is 3. The number of para-hydroxylation sites is 3. The normalized spacial score (nSPS) is 14.0. The number of aromatic amines is 1. The Morgan fingerprint density at radius 1 is 0.911 bits per heavy atom. The van der Waals surface area contributed by atoms with E-state index in [0.717, 1.165) is 28.0 Å². The predicted octanol–water partition coefficient (Wildman–Crippen LogP) is 6.43.